The van der Waals surface area contributed by atoms with Crippen LogP contribution in [0.1, 0.15) is 49.3 Å². The number of hydrogen-bond donors (Lipinski definition) is 1. The zero-order valence-electron chi connectivity index (χ0n) is 12.4. The molecule has 2 nitrogen and oxygen atoms in total. The Morgan fingerprint density at radius 1 is 1.15 bits per heavy atom. The Labute approximate surface area is 121 Å². The number of hydrogen-bond acceptors (Lipinski definition) is 2. The summed E-state index contributed by atoms with van der Waals surface area (Å²) in [6.07, 6.45) is 8.16. The van der Waals surface area contributed by atoms with Crippen LogP contribution in [0.2, 0.25) is 0 Å². The van der Waals surface area contributed by atoms with Gasteiger partial charge in [0.2, 0.25) is 0 Å². The van der Waals surface area contributed by atoms with Gasteiger partial charge in [-0.25, -0.2) is 0 Å². The molecule has 3 unspecified atom stereocenters. The SMILES string of the molecule is CNC(c1ccc2c(c1)CCCO2)C1C2CCCCC21. The molecule has 2 fully saturated rings. The van der Waals surface area contributed by atoms with Crippen LogP contribution in [0.15, 0.2) is 18.2 Å². The van der Waals surface area contributed by atoms with Crippen LogP contribution in [0.3, 0.4) is 0 Å². The average molecular weight is 271 g/mol. The minimum absolute atomic E-state index is 0.551. The minimum atomic E-state index is 0.551. The van der Waals surface area contributed by atoms with E-state index in [0.717, 1.165) is 36.5 Å². The number of benzene rings is 1. The summed E-state index contributed by atoms with van der Waals surface area (Å²) in [6.45, 7) is 0.884. The average Bonchev–Trinajstić information content (AvgIpc) is 3.22. The summed E-state index contributed by atoms with van der Waals surface area (Å²) in [5.41, 5.74) is 2.90. The van der Waals surface area contributed by atoms with E-state index in [1.807, 2.05) is 0 Å². The fourth-order valence-corrected chi connectivity index (χ4v) is 4.70. The lowest BCUT2D eigenvalue weighted by atomic mass is 9.95. The molecule has 2 heteroatoms. The van der Waals surface area contributed by atoms with Crippen molar-refractivity contribution in [2.75, 3.05) is 13.7 Å². The highest BCUT2D eigenvalue weighted by Gasteiger charge is 2.54. The van der Waals surface area contributed by atoms with Gasteiger partial charge in [0.25, 0.3) is 0 Å². The molecule has 1 aliphatic heterocycles. The van der Waals surface area contributed by atoms with Crippen molar-refractivity contribution in [3.8, 4) is 5.75 Å². The van der Waals surface area contributed by atoms with E-state index in [1.54, 1.807) is 0 Å². The zero-order chi connectivity index (χ0) is 13.5. The van der Waals surface area contributed by atoms with Gasteiger partial charge in [0.1, 0.15) is 5.75 Å². The molecule has 4 rings (SSSR count). The Morgan fingerprint density at radius 3 is 2.70 bits per heavy atom. The molecule has 0 amide bonds. The maximum Gasteiger partial charge on any atom is 0.122 e. The van der Waals surface area contributed by atoms with Gasteiger partial charge in [-0.15, -0.1) is 0 Å². The zero-order valence-corrected chi connectivity index (χ0v) is 12.4. The first kappa shape index (κ1) is 12.7. The number of rotatable bonds is 3. The van der Waals surface area contributed by atoms with Gasteiger partial charge in [-0.1, -0.05) is 25.0 Å². The summed E-state index contributed by atoms with van der Waals surface area (Å²) in [4.78, 5) is 0. The predicted molar refractivity (Wildman–Crippen MR) is 81.0 cm³/mol. The molecule has 3 atom stereocenters. The van der Waals surface area contributed by atoms with Crippen molar-refractivity contribution >= 4 is 0 Å². The fourth-order valence-electron chi connectivity index (χ4n) is 4.70. The van der Waals surface area contributed by atoms with Gasteiger partial charge >= 0.3 is 0 Å². The van der Waals surface area contributed by atoms with Gasteiger partial charge in [0.15, 0.2) is 0 Å². The molecule has 0 spiro atoms. The van der Waals surface area contributed by atoms with Crippen LogP contribution in [-0.2, 0) is 6.42 Å². The molecule has 1 aromatic carbocycles. The lowest BCUT2D eigenvalue weighted by Crippen LogP contribution is -2.20. The largest absolute Gasteiger partial charge is 0.493 e. The van der Waals surface area contributed by atoms with Crippen molar-refractivity contribution in [1.82, 2.24) is 5.32 Å². The van der Waals surface area contributed by atoms with E-state index >= 15 is 0 Å². The third-order valence-corrected chi connectivity index (χ3v) is 5.71. The van der Waals surface area contributed by atoms with Crippen LogP contribution in [0.5, 0.6) is 5.75 Å². The number of nitrogens with one attached hydrogen (secondary N) is 1. The standard InChI is InChI=1S/C18H25NO/c1-19-18(17-14-6-2-3-7-15(14)17)13-8-9-16-12(11-13)5-4-10-20-16/h8-9,11,14-15,17-19H,2-7,10H2,1H3. The topological polar surface area (TPSA) is 21.3 Å². The molecule has 1 N–H and O–H groups in total. The molecular weight excluding hydrogens is 246 g/mol. The van der Waals surface area contributed by atoms with Crippen molar-refractivity contribution in [2.45, 2.75) is 44.6 Å². The Balaban J connectivity index is 1.58. The number of fused-ring (bicyclic) bond motifs is 2. The van der Waals surface area contributed by atoms with Crippen LogP contribution in [0.4, 0.5) is 0 Å². The molecule has 3 aliphatic rings. The van der Waals surface area contributed by atoms with Crippen LogP contribution in [0.25, 0.3) is 0 Å². The molecule has 20 heavy (non-hydrogen) atoms. The van der Waals surface area contributed by atoms with E-state index in [0.29, 0.717) is 6.04 Å². The van der Waals surface area contributed by atoms with Crippen LogP contribution in [-0.4, -0.2) is 13.7 Å². The highest BCUT2D eigenvalue weighted by Crippen LogP contribution is 2.60. The third kappa shape index (κ3) is 2.05. The van der Waals surface area contributed by atoms with E-state index in [4.69, 9.17) is 4.74 Å². The van der Waals surface area contributed by atoms with E-state index in [2.05, 4.69) is 30.6 Å². The second kappa shape index (κ2) is 5.07. The molecule has 1 aromatic rings. The van der Waals surface area contributed by atoms with Crippen LogP contribution >= 0.6 is 0 Å². The van der Waals surface area contributed by atoms with E-state index < -0.39 is 0 Å². The summed E-state index contributed by atoms with van der Waals surface area (Å²) in [7, 11) is 2.13. The lowest BCUT2D eigenvalue weighted by molar-refractivity contribution is 0.288. The van der Waals surface area contributed by atoms with Crippen LogP contribution < -0.4 is 10.1 Å². The molecular formula is C18H25NO. The highest BCUT2D eigenvalue weighted by molar-refractivity contribution is 5.40. The van der Waals surface area contributed by atoms with Crippen molar-refractivity contribution in [1.29, 1.82) is 0 Å². The predicted octanol–water partition coefficient (Wildman–Crippen LogP) is 3.71. The summed E-state index contributed by atoms with van der Waals surface area (Å²) in [5.74, 6) is 3.98. The fraction of sp³-hybridized carbons (Fsp3) is 0.667. The first-order valence-electron chi connectivity index (χ1n) is 8.31. The van der Waals surface area contributed by atoms with Gasteiger partial charge in [0.05, 0.1) is 6.61 Å². The second-order valence-corrected chi connectivity index (χ2v) is 6.78. The molecule has 0 saturated heterocycles. The Bertz CT molecular complexity index is 486. The van der Waals surface area contributed by atoms with Crippen molar-refractivity contribution < 1.29 is 4.74 Å². The first-order valence-corrected chi connectivity index (χ1v) is 8.31. The highest BCUT2D eigenvalue weighted by atomic mass is 16.5. The Hall–Kier alpha value is -1.02. The van der Waals surface area contributed by atoms with Gasteiger partial charge in [-0.2, -0.15) is 0 Å². The summed E-state index contributed by atoms with van der Waals surface area (Å²) in [6, 6.07) is 7.44. The van der Waals surface area contributed by atoms with E-state index in [9.17, 15) is 0 Å². The molecule has 1 heterocycles. The minimum Gasteiger partial charge on any atom is -0.493 e. The summed E-state index contributed by atoms with van der Waals surface area (Å²) < 4.78 is 5.74. The van der Waals surface area contributed by atoms with Crippen molar-refractivity contribution in [3.05, 3.63) is 29.3 Å². The van der Waals surface area contributed by atoms with Gasteiger partial charge in [-0.3, -0.25) is 0 Å². The Morgan fingerprint density at radius 2 is 1.95 bits per heavy atom. The molecule has 2 saturated carbocycles. The first-order chi connectivity index (χ1) is 9.88. The number of ether oxygens (including phenoxy) is 1. The van der Waals surface area contributed by atoms with E-state index in [-0.39, 0.29) is 0 Å². The lowest BCUT2D eigenvalue weighted by Gasteiger charge is -2.22. The van der Waals surface area contributed by atoms with E-state index in [1.165, 1.54) is 43.2 Å². The normalized spacial score (nSPS) is 32.8. The maximum atomic E-state index is 5.74. The molecule has 0 radical (unpaired) electrons. The van der Waals surface area contributed by atoms with Gasteiger partial charge in [0, 0.05) is 6.04 Å². The molecule has 2 aliphatic carbocycles. The molecule has 108 valence electrons. The van der Waals surface area contributed by atoms with Gasteiger partial charge < -0.3 is 10.1 Å². The van der Waals surface area contributed by atoms with Crippen molar-refractivity contribution in [2.24, 2.45) is 17.8 Å². The third-order valence-electron chi connectivity index (χ3n) is 5.71. The van der Waals surface area contributed by atoms with Gasteiger partial charge in [-0.05, 0) is 67.7 Å². The van der Waals surface area contributed by atoms with Crippen LogP contribution in [0, 0.1) is 17.8 Å². The second-order valence-electron chi connectivity index (χ2n) is 6.78. The Kier molecular flexibility index (Phi) is 3.22. The molecule has 0 bridgehead atoms. The number of aryl methyl sites for hydroxylation is 1. The van der Waals surface area contributed by atoms with Crippen molar-refractivity contribution in [3.63, 3.8) is 0 Å². The monoisotopic (exact) mass is 271 g/mol. The maximum absolute atomic E-state index is 5.74. The summed E-state index contributed by atoms with van der Waals surface area (Å²) in [5, 5.41) is 3.60. The molecule has 0 aromatic heterocycles. The smallest absolute Gasteiger partial charge is 0.122 e. The quantitative estimate of drug-likeness (QED) is 0.905. The summed E-state index contributed by atoms with van der Waals surface area (Å²) >= 11 is 0.